The van der Waals surface area contributed by atoms with E-state index < -0.39 is 0 Å². The topological polar surface area (TPSA) is 46.0 Å². The first-order valence-electron chi connectivity index (χ1n) is 9.20. The summed E-state index contributed by atoms with van der Waals surface area (Å²) in [5.41, 5.74) is 4.60. The molecule has 1 aliphatic rings. The molecule has 138 valence electrons. The van der Waals surface area contributed by atoms with Gasteiger partial charge in [0.15, 0.2) is 5.11 Å². The summed E-state index contributed by atoms with van der Waals surface area (Å²) >= 11 is 5.64. The summed E-state index contributed by atoms with van der Waals surface area (Å²) in [5.74, 6) is 0.935. The molecule has 1 N–H and O–H groups in total. The van der Waals surface area contributed by atoms with Crippen molar-refractivity contribution in [3.8, 4) is 5.82 Å². The Labute approximate surface area is 165 Å². The van der Waals surface area contributed by atoms with Gasteiger partial charge in [0, 0.05) is 30.3 Å². The molecule has 0 aromatic carbocycles. The number of thiocarbonyl (C=S) groups is 1. The van der Waals surface area contributed by atoms with Crippen LogP contribution in [0.2, 0.25) is 0 Å². The van der Waals surface area contributed by atoms with Crippen molar-refractivity contribution >= 4 is 17.3 Å². The highest BCUT2D eigenvalue weighted by molar-refractivity contribution is 7.80. The van der Waals surface area contributed by atoms with Crippen LogP contribution in [-0.4, -0.2) is 31.1 Å². The average Bonchev–Trinajstić information content (AvgIpc) is 3.18. The Hall–Kier alpha value is -2.73. The molecular weight excluding hydrogens is 354 g/mol. The van der Waals surface area contributed by atoms with Crippen molar-refractivity contribution in [2.24, 2.45) is 0 Å². The summed E-state index contributed by atoms with van der Waals surface area (Å²) in [6.07, 6.45) is 3.66. The second-order valence-electron chi connectivity index (χ2n) is 6.76. The van der Waals surface area contributed by atoms with Crippen LogP contribution in [-0.2, 0) is 0 Å². The number of aromatic nitrogens is 3. The molecule has 1 aliphatic heterocycles. The van der Waals surface area contributed by atoms with Gasteiger partial charge in [0.05, 0.1) is 17.8 Å². The maximum Gasteiger partial charge on any atom is 0.170 e. The zero-order valence-electron chi connectivity index (χ0n) is 15.8. The van der Waals surface area contributed by atoms with Gasteiger partial charge in [-0.1, -0.05) is 12.1 Å². The van der Waals surface area contributed by atoms with Crippen molar-refractivity contribution in [2.45, 2.75) is 32.9 Å². The number of hydrogen-bond acceptors (Lipinski definition) is 3. The van der Waals surface area contributed by atoms with Crippen LogP contribution in [0.1, 0.15) is 41.7 Å². The standard InChI is InChI=1S/C21H23N5S/c1-4-25-20(19(24-21(25)27)17-9-5-7-11-22-17)16-13-14(2)26(15(16)3)18-10-6-8-12-23-18/h5-13,19-20H,4H2,1-3H3,(H,24,27). The summed E-state index contributed by atoms with van der Waals surface area (Å²) in [5, 5.41) is 4.26. The van der Waals surface area contributed by atoms with Gasteiger partial charge in [-0.3, -0.25) is 4.98 Å². The maximum absolute atomic E-state index is 5.64. The molecule has 0 spiro atoms. The maximum atomic E-state index is 5.64. The third kappa shape index (κ3) is 3.00. The molecule has 2 unspecified atom stereocenters. The van der Waals surface area contributed by atoms with Crippen LogP contribution in [0.3, 0.4) is 0 Å². The van der Waals surface area contributed by atoms with E-state index in [4.69, 9.17) is 12.2 Å². The summed E-state index contributed by atoms with van der Waals surface area (Å²) in [4.78, 5) is 11.4. The molecule has 2 atom stereocenters. The van der Waals surface area contributed by atoms with Gasteiger partial charge < -0.3 is 14.8 Å². The number of hydrogen-bond donors (Lipinski definition) is 1. The van der Waals surface area contributed by atoms with Crippen LogP contribution >= 0.6 is 12.2 Å². The first kappa shape index (κ1) is 17.7. The van der Waals surface area contributed by atoms with E-state index in [-0.39, 0.29) is 12.1 Å². The predicted octanol–water partition coefficient (Wildman–Crippen LogP) is 3.88. The lowest BCUT2D eigenvalue weighted by molar-refractivity contribution is 0.329. The fourth-order valence-corrected chi connectivity index (χ4v) is 4.38. The first-order valence-corrected chi connectivity index (χ1v) is 9.61. The van der Waals surface area contributed by atoms with Gasteiger partial charge in [-0.05, 0) is 68.9 Å². The zero-order chi connectivity index (χ0) is 19.0. The Morgan fingerprint density at radius 2 is 1.81 bits per heavy atom. The molecule has 0 aliphatic carbocycles. The van der Waals surface area contributed by atoms with Crippen LogP contribution < -0.4 is 5.32 Å². The van der Waals surface area contributed by atoms with Gasteiger partial charge in [0.2, 0.25) is 0 Å². The Kier molecular flexibility index (Phi) is 4.66. The highest BCUT2D eigenvalue weighted by Gasteiger charge is 2.40. The molecule has 5 nitrogen and oxygen atoms in total. The van der Waals surface area contributed by atoms with E-state index in [1.807, 2.05) is 42.7 Å². The molecule has 27 heavy (non-hydrogen) atoms. The molecule has 1 fully saturated rings. The van der Waals surface area contributed by atoms with Crippen molar-refractivity contribution < 1.29 is 0 Å². The lowest BCUT2D eigenvalue weighted by atomic mass is 9.97. The molecule has 0 amide bonds. The highest BCUT2D eigenvalue weighted by atomic mass is 32.1. The number of nitrogens with one attached hydrogen (secondary N) is 1. The zero-order valence-corrected chi connectivity index (χ0v) is 16.6. The molecule has 6 heteroatoms. The molecule has 0 radical (unpaired) electrons. The van der Waals surface area contributed by atoms with E-state index in [9.17, 15) is 0 Å². The van der Waals surface area contributed by atoms with Crippen molar-refractivity contribution in [2.75, 3.05) is 6.54 Å². The number of nitrogens with zero attached hydrogens (tertiary/aromatic N) is 4. The Bertz CT molecular complexity index is 951. The average molecular weight is 378 g/mol. The van der Waals surface area contributed by atoms with Crippen LogP contribution in [0.4, 0.5) is 0 Å². The van der Waals surface area contributed by atoms with Crippen LogP contribution in [0, 0.1) is 13.8 Å². The predicted molar refractivity (Wildman–Crippen MR) is 111 cm³/mol. The van der Waals surface area contributed by atoms with Crippen LogP contribution in [0.5, 0.6) is 0 Å². The number of pyridine rings is 2. The third-order valence-corrected chi connectivity index (χ3v) is 5.56. The fourth-order valence-electron chi connectivity index (χ4n) is 4.01. The Morgan fingerprint density at radius 3 is 2.44 bits per heavy atom. The highest BCUT2D eigenvalue weighted by Crippen LogP contribution is 2.40. The number of aryl methyl sites for hydroxylation is 1. The SMILES string of the molecule is CCN1C(=S)NC(c2ccccn2)C1c1cc(C)n(-c2ccccn2)c1C. The van der Waals surface area contributed by atoms with Gasteiger partial charge >= 0.3 is 0 Å². The second kappa shape index (κ2) is 7.12. The lowest BCUT2D eigenvalue weighted by Crippen LogP contribution is -2.29. The normalized spacial score (nSPS) is 19.4. The van der Waals surface area contributed by atoms with Crippen molar-refractivity contribution in [3.05, 3.63) is 77.5 Å². The minimum atomic E-state index is 0.0244. The molecule has 0 saturated carbocycles. The second-order valence-corrected chi connectivity index (χ2v) is 7.15. The third-order valence-electron chi connectivity index (χ3n) is 5.21. The molecule has 4 rings (SSSR count). The molecule has 1 saturated heterocycles. The monoisotopic (exact) mass is 377 g/mol. The van der Waals surface area contributed by atoms with E-state index in [2.05, 4.69) is 57.7 Å². The fraction of sp³-hybridized carbons (Fsp3) is 0.286. The minimum absolute atomic E-state index is 0.0244. The molecule has 3 aromatic heterocycles. The van der Waals surface area contributed by atoms with Gasteiger partial charge in [-0.25, -0.2) is 4.98 Å². The quantitative estimate of drug-likeness (QED) is 0.699. The molecular formula is C21H23N5S. The van der Waals surface area contributed by atoms with Crippen molar-refractivity contribution in [1.29, 1.82) is 0 Å². The molecule has 3 aromatic rings. The van der Waals surface area contributed by atoms with Gasteiger partial charge in [-0.2, -0.15) is 0 Å². The Balaban J connectivity index is 1.84. The van der Waals surface area contributed by atoms with E-state index >= 15 is 0 Å². The van der Waals surface area contributed by atoms with Crippen LogP contribution in [0.25, 0.3) is 5.82 Å². The molecule has 0 bridgehead atoms. The largest absolute Gasteiger partial charge is 0.352 e. The lowest BCUT2D eigenvalue weighted by Gasteiger charge is -2.27. The van der Waals surface area contributed by atoms with E-state index in [0.29, 0.717) is 0 Å². The summed E-state index contributed by atoms with van der Waals surface area (Å²) in [6, 6.07) is 14.4. The number of rotatable bonds is 4. The van der Waals surface area contributed by atoms with Crippen LogP contribution in [0.15, 0.2) is 54.9 Å². The first-order chi connectivity index (χ1) is 13.1. The van der Waals surface area contributed by atoms with Gasteiger partial charge in [0.25, 0.3) is 0 Å². The summed E-state index contributed by atoms with van der Waals surface area (Å²) < 4.78 is 2.21. The minimum Gasteiger partial charge on any atom is -0.352 e. The van der Waals surface area contributed by atoms with Crippen molar-refractivity contribution in [3.63, 3.8) is 0 Å². The molecule has 4 heterocycles. The van der Waals surface area contributed by atoms with E-state index in [1.54, 1.807) is 0 Å². The van der Waals surface area contributed by atoms with Gasteiger partial charge in [0.1, 0.15) is 5.82 Å². The van der Waals surface area contributed by atoms with Gasteiger partial charge in [-0.15, -0.1) is 0 Å². The van der Waals surface area contributed by atoms with E-state index in [1.165, 1.54) is 11.3 Å². The number of likely N-dealkylation sites (N-methyl/N-ethyl adjacent to an activating group) is 1. The van der Waals surface area contributed by atoms with Crippen molar-refractivity contribution in [1.82, 2.24) is 24.8 Å². The van der Waals surface area contributed by atoms with E-state index in [0.717, 1.165) is 28.9 Å². The smallest absolute Gasteiger partial charge is 0.170 e. The summed E-state index contributed by atoms with van der Waals surface area (Å²) in [6.45, 7) is 7.26. The summed E-state index contributed by atoms with van der Waals surface area (Å²) in [7, 11) is 0. The Morgan fingerprint density at radius 1 is 1.07 bits per heavy atom.